The highest BCUT2D eigenvalue weighted by atomic mass is 35.5. The first kappa shape index (κ1) is 28.8. The molecule has 0 heterocycles. The van der Waals surface area contributed by atoms with Crippen molar-refractivity contribution in [2.45, 2.75) is 111 Å². The summed E-state index contributed by atoms with van der Waals surface area (Å²) in [5.41, 5.74) is 1.55. The quantitative estimate of drug-likeness (QED) is 0.295. The van der Waals surface area contributed by atoms with Crippen molar-refractivity contribution in [3.05, 3.63) is 33.8 Å². The Morgan fingerprint density at radius 1 is 0.947 bits per heavy atom. The Hall–Kier alpha value is -0.730. The molecule has 1 aromatic carbocycles. The van der Waals surface area contributed by atoms with Gasteiger partial charge in [-0.2, -0.15) is 0 Å². The number of fused-ring (bicyclic) bond motifs is 5. The van der Waals surface area contributed by atoms with Crippen LogP contribution in [0.2, 0.25) is 10.0 Å². The second-order valence-electron chi connectivity index (χ2n) is 14.3. The number of carbonyl (C=O) groups excluding carboxylic acids is 1. The number of hydrogen-bond donors (Lipinski definition) is 0. The van der Waals surface area contributed by atoms with Crippen molar-refractivity contribution in [2.24, 2.45) is 52.3 Å². The van der Waals surface area contributed by atoms with Gasteiger partial charge in [0.15, 0.2) is 0 Å². The summed E-state index contributed by atoms with van der Waals surface area (Å²) in [6.07, 6.45) is 18.5. The van der Waals surface area contributed by atoms with Crippen molar-refractivity contribution in [3.8, 4) is 0 Å². The number of ether oxygens (including phenoxy) is 1. The third-order valence-electron chi connectivity index (χ3n) is 12.4. The average Bonchev–Trinajstić information content (AvgIpc) is 3.25. The van der Waals surface area contributed by atoms with Gasteiger partial charge in [0.25, 0.3) is 0 Å². The highest BCUT2D eigenvalue weighted by Crippen LogP contribution is 2.68. The molecule has 0 aromatic heterocycles. The van der Waals surface area contributed by atoms with E-state index in [4.69, 9.17) is 27.9 Å². The van der Waals surface area contributed by atoms with E-state index < -0.39 is 0 Å². The molecule has 4 aliphatic carbocycles. The van der Waals surface area contributed by atoms with Crippen LogP contribution in [0.3, 0.4) is 0 Å². The molecule has 0 amide bonds. The molecule has 2 nitrogen and oxygen atoms in total. The van der Waals surface area contributed by atoms with Gasteiger partial charge in [-0.1, -0.05) is 82.6 Å². The molecule has 4 fully saturated rings. The Morgan fingerprint density at radius 3 is 2.55 bits per heavy atom. The Labute approximate surface area is 242 Å². The smallest absolute Gasteiger partial charge is 0.339 e. The molecule has 0 saturated heterocycles. The molecule has 4 saturated carbocycles. The second kappa shape index (κ2) is 11.6. The van der Waals surface area contributed by atoms with Crippen molar-refractivity contribution < 1.29 is 9.53 Å². The van der Waals surface area contributed by atoms with Gasteiger partial charge in [-0.25, -0.2) is 4.79 Å². The van der Waals surface area contributed by atoms with Crippen LogP contribution in [0.1, 0.15) is 122 Å². The fourth-order valence-electron chi connectivity index (χ4n) is 10.3. The predicted molar refractivity (Wildman–Crippen MR) is 159 cm³/mol. The third-order valence-corrected chi connectivity index (χ3v) is 13.2. The molecule has 38 heavy (non-hydrogen) atoms. The van der Waals surface area contributed by atoms with E-state index in [1.165, 1.54) is 77.0 Å². The fourth-order valence-corrected chi connectivity index (χ4v) is 10.7. The molecule has 0 radical (unpaired) electrons. The topological polar surface area (TPSA) is 26.3 Å². The minimum absolute atomic E-state index is 0.277. The van der Waals surface area contributed by atoms with Gasteiger partial charge in [-0.05, 0) is 122 Å². The third kappa shape index (κ3) is 5.32. The number of benzene rings is 1. The van der Waals surface area contributed by atoms with Gasteiger partial charge >= 0.3 is 5.97 Å². The number of carbonyl (C=O) groups is 1. The Kier molecular flexibility index (Phi) is 8.81. The number of hydrogen-bond acceptors (Lipinski definition) is 2. The zero-order chi connectivity index (χ0) is 27.1. The lowest BCUT2D eigenvalue weighted by molar-refractivity contribution is -0.114. The molecule has 0 N–H and O–H groups in total. The summed E-state index contributed by atoms with van der Waals surface area (Å²) < 4.78 is 5.58. The molecule has 4 aliphatic rings. The van der Waals surface area contributed by atoms with Crippen LogP contribution in [0, 0.1) is 52.3 Å². The van der Waals surface area contributed by atoms with Crippen LogP contribution in [0.4, 0.5) is 0 Å². The van der Waals surface area contributed by atoms with E-state index in [0.717, 1.165) is 41.9 Å². The Balaban J connectivity index is 1.10. The molecule has 0 aliphatic heterocycles. The maximum Gasteiger partial charge on any atom is 0.339 e. The fraction of sp³-hybridized carbons (Fsp3) is 0.794. The van der Waals surface area contributed by atoms with Crippen LogP contribution < -0.4 is 0 Å². The Morgan fingerprint density at radius 2 is 1.74 bits per heavy atom. The average molecular weight is 562 g/mol. The monoisotopic (exact) mass is 560 g/mol. The van der Waals surface area contributed by atoms with E-state index >= 15 is 0 Å². The van der Waals surface area contributed by atoms with Crippen molar-refractivity contribution in [3.63, 3.8) is 0 Å². The van der Waals surface area contributed by atoms with Crippen LogP contribution in [-0.4, -0.2) is 12.6 Å². The lowest BCUT2D eigenvalue weighted by Crippen LogP contribution is -2.53. The minimum atomic E-state index is -0.380. The van der Waals surface area contributed by atoms with Gasteiger partial charge in [0.2, 0.25) is 0 Å². The van der Waals surface area contributed by atoms with E-state index in [1.54, 1.807) is 18.2 Å². The van der Waals surface area contributed by atoms with Crippen molar-refractivity contribution in [1.82, 2.24) is 0 Å². The zero-order valence-electron chi connectivity index (χ0n) is 24.2. The summed E-state index contributed by atoms with van der Waals surface area (Å²) in [5, 5.41) is 0.661. The second-order valence-corrected chi connectivity index (χ2v) is 15.1. The number of halogens is 2. The molecule has 1 aromatic rings. The predicted octanol–water partition coefficient (Wildman–Crippen LogP) is 10.6. The van der Waals surface area contributed by atoms with Crippen molar-refractivity contribution in [2.75, 3.05) is 6.61 Å². The van der Waals surface area contributed by atoms with Crippen molar-refractivity contribution >= 4 is 29.2 Å². The van der Waals surface area contributed by atoms with Crippen LogP contribution in [0.15, 0.2) is 18.2 Å². The van der Waals surface area contributed by atoms with Crippen molar-refractivity contribution in [1.29, 1.82) is 0 Å². The van der Waals surface area contributed by atoms with Gasteiger partial charge in [-0.3, -0.25) is 0 Å². The van der Waals surface area contributed by atoms with Crippen LogP contribution in [0.5, 0.6) is 0 Å². The molecule has 2 unspecified atom stereocenters. The van der Waals surface area contributed by atoms with Gasteiger partial charge < -0.3 is 4.74 Å². The summed E-state index contributed by atoms with van der Waals surface area (Å²) in [6, 6.07) is 5.09. The lowest BCUT2D eigenvalue weighted by Gasteiger charge is -2.61. The van der Waals surface area contributed by atoms with Crippen LogP contribution in [0.25, 0.3) is 0 Å². The van der Waals surface area contributed by atoms with Crippen LogP contribution >= 0.6 is 23.2 Å². The maximum absolute atomic E-state index is 12.5. The molecule has 212 valence electrons. The first-order chi connectivity index (χ1) is 18.1. The van der Waals surface area contributed by atoms with Crippen LogP contribution in [-0.2, 0) is 4.74 Å². The lowest BCUT2D eigenvalue weighted by atomic mass is 9.44. The van der Waals surface area contributed by atoms with E-state index in [9.17, 15) is 4.79 Å². The van der Waals surface area contributed by atoms with Gasteiger partial charge in [-0.15, -0.1) is 0 Å². The first-order valence-electron chi connectivity index (χ1n) is 15.8. The highest BCUT2D eigenvalue weighted by molar-refractivity contribution is 6.43. The number of esters is 1. The SMILES string of the molecule is CC(CCC[C@@H](C)[C@H]1CC[C@H]2[C@@H]3CCC4CCCC[C@]4(C)[C@H]3CC[C@]12C)COC(=O)c1cccc(Cl)c1Cl. The zero-order valence-corrected chi connectivity index (χ0v) is 25.8. The summed E-state index contributed by atoms with van der Waals surface area (Å²) in [7, 11) is 0. The first-order valence-corrected chi connectivity index (χ1v) is 16.5. The molecule has 0 bridgehead atoms. The Bertz CT molecular complexity index is 993. The largest absolute Gasteiger partial charge is 0.462 e. The molecule has 5 rings (SSSR count). The van der Waals surface area contributed by atoms with Gasteiger partial charge in [0, 0.05) is 0 Å². The van der Waals surface area contributed by atoms with E-state index in [0.29, 0.717) is 33.9 Å². The highest BCUT2D eigenvalue weighted by Gasteiger charge is 2.60. The summed E-state index contributed by atoms with van der Waals surface area (Å²) in [4.78, 5) is 12.5. The summed E-state index contributed by atoms with van der Waals surface area (Å²) in [5.74, 6) is 5.60. The van der Waals surface area contributed by atoms with E-state index in [2.05, 4.69) is 27.7 Å². The molecule has 0 spiro atoms. The standard InChI is InChI=1S/C34H50Cl2O2/c1-22(21-38-32(37)26-12-8-13-30(35)31(26)36)9-7-10-23(2)27-16-17-28-25-15-14-24-11-5-6-19-33(24,3)29(25)18-20-34(27,28)4/h8,12-13,22-25,27-29H,5-7,9-11,14-21H2,1-4H3/t22?,23-,24?,25+,27-,28+,29+,33+,34-/m1/s1. The minimum Gasteiger partial charge on any atom is -0.462 e. The number of rotatable bonds is 8. The molecule has 9 atom stereocenters. The molecule has 4 heteroatoms. The van der Waals surface area contributed by atoms with Gasteiger partial charge in [0.05, 0.1) is 22.2 Å². The summed E-state index contributed by atoms with van der Waals surface area (Å²) in [6.45, 7) is 10.6. The van der Waals surface area contributed by atoms with E-state index in [1.807, 2.05) is 0 Å². The van der Waals surface area contributed by atoms with Gasteiger partial charge in [0.1, 0.15) is 0 Å². The molecular formula is C34H50Cl2O2. The van der Waals surface area contributed by atoms with E-state index in [-0.39, 0.29) is 11.0 Å². The maximum atomic E-state index is 12.5. The normalized spacial score (nSPS) is 38.0. The summed E-state index contributed by atoms with van der Waals surface area (Å²) >= 11 is 12.2. The molecular weight excluding hydrogens is 511 g/mol.